The number of ketones is 1. The fourth-order valence-electron chi connectivity index (χ4n) is 1.11. The molecule has 94 valence electrons. The van der Waals surface area contributed by atoms with Crippen LogP contribution in [0.2, 0.25) is 0 Å². The lowest BCUT2D eigenvalue weighted by Gasteiger charge is -2.05. The van der Waals surface area contributed by atoms with Crippen LogP contribution in [0.4, 0.5) is 0 Å². The van der Waals surface area contributed by atoms with Gasteiger partial charge >= 0.3 is 5.97 Å². The highest BCUT2D eigenvalue weighted by Gasteiger charge is 2.08. The Morgan fingerprint density at radius 1 is 1.24 bits per heavy atom. The molecule has 0 heterocycles. The van der Waals surface area contributed by atoms with Crippen molar-refractivity contribution in [2.75, 3.05) is 6.61 Å². The summed E-state index contributed by atoms with van der Waals surface area (Å²) in [7, 11) is 0. The molecule has 3 nitrogen and oxygen atoms in total. The molecule has 0 aliphatic heterocycles. The van der Waals surface area contributed by atoms with Crippen molar-refractivity contribution in [3.05, 3.63) is 36.0 Å². The highest BCUT2D eigenvalue weighted by molar-refractivity contribution is 5.95. The zero-order valence-electron chi connectivity index (χ0n) is 10.8. The number of rotatable bonds is 7. The Morgan fingerprint density at radius 2 is 1.88 bits per heavy atom. The van der Waals surface area contributed by atoms with E-state index in [1.165, 1.54) is 0 Å². The maximum atomic E-state index is 11.3. The van der Waals surface area contributed by atoms with Gasteiger partial charge in [0.1, 0.15) is 6.61 Å². The smallest absolute Gasteiger partial charge is 0.306 e. The predicted molar refractivity (Wildman–Crippen MR) is 68.6 cm³/mol. The van der Waals surface area contributed by atoms with Crippen molar-refractivity contribution in [3.63, 3.8) is 0 Å². The third-order valence-corrected chi connectivity index (χ3v) is 2.18. The van der Waals surface area contributed by atoms with Crippen LogP contribution in [0.15, 0.2) is 36.0 Å². The Kier molecular flexibility index (Phi) is 7.68. The van der Waals surface area contributed by atoms with Gasteiger partial charge in [0.25, 0.3) is 0 Å². The van der Waals surface area contributed by atoms with E-state index in [0.717, 1.165) is 5.57 Å². The Balaban J connectivity index is 3.96. The summed E-state index contributed by atoms with van der Waals surface area (Å²) >= 11 is 0. The molecule has 0 amide bonds. The van der Waals surface area contributed by atoms with Crippen LogP contribution in [0.3, 0.4) is 0 Å². The number of hydrogen-bond donors (Lipinski definition) is 0. The van der Waals surface area contributed by atoms with Crippen LogP contribution in [-0.2, 0) is 14.3 Å². The number of hydrogen-bond acceptors (Lipinski definition) is 3. The van der Waals surface area contributed by atoms with Crippen molar-refractivity contribution in [1.82, 2.24) is 0 Å². The second kappa shape index (κ2) is 8.50. The van der Waals surface area contributed by atoms with E-state index in [9.17, 15) is 9.59 Å². The molecule has 3 heteroatoms. The minimum atomic E-state index is -0.358. The molecule has 0 N–H and O–H groups in total. The van der Waals surface area contributed by atoms with Crippen molar-refractivity contribution in [2.45, 2.75) is 33.6 Å². The van der Waals surface area contributed by atoms with E-state index in [1.807, 2.05) is 32.1 Å². The van der Waals surface area contributed by atoms with Crippen molar-refractivity contribution in [2.24, 2.45) is 0 Å². The van der Waals surface area contributed by atoms with Gasteiger partial charge in [-0.3, -0.25) is 9.59 Å². The maximum absolute atomic E-state index is 11.3. The van der Waals surface area contributed by atoms with Gasteiger partial charge < -0.3 is 4.74 Å². The fraction of sp³-hybridized carbons (Fsp3) is 0.429. The average Bonchev–Trinajstić information content (AvgIpc) is 2.31. The van der Waals surface area contributed by atoms with Gasteiger partial charge in [0.05, 0.1) is 6.42 Å². The minimum Gasteiger partial charge on any atom is -0.461 e. The van der Waals surface area contributed by atoms with Crippen molar-refractivity contribution in [3.8, 4) is 0 Å². The van der Waals surface area contributed by atoms with Gasteiger partial charge in [-0.2, -0.15) is 0 Å². The summed E-state index contributed by atoms with van der Waals surface area (Å²) in [6, 6.07) is 0. The largest absolute Gasteiger partial charge is 0.461 e. The number of esters is 1. The molecule has 0 aliphatic carbocycles. The van der Waals surface area contributed by atoms with E-state index in [2.05, 4.69) is 6.58 Å². The summed E-state index contributed by atoms with van der Waals surface area (Å²) < 4.78 is 5.04. The van der Waals surface area contributed by atoms with Gasteiger partial charge in [-0.05, 0) is 31.9 Å². The molecule has 0 aromatic heterocycles. The molecular weight excluding hydrogens is 216 g/mol. The third-order valence-electron chi connectivity index (χ3n) is 2.18. The molecule has 0 aromatic rings. The molecule has 17 heavy (non-hydrogen) atoms. The van der Waals surface area contributed by atoms with Crippen molar-refractivity contribution >= 4 is 11.8 Å². The molecule has 0 unspecified atom stereocenters. The SMILES string of the molecule is C=C(C)C(=O)CCC(=O)OCC(/C=C\C)=C/C. The van der Waals surface area contributed by atoms with Crippen LogP contribution in [-0.4, -0.2) is 18.4 Å². The van der Waals surface area contributed by atoms with E-state index < -0.39 is 0 Å². The predicted octanol–water partition coefficient (Wildman–Crippen LogP) is 2.98. The van der Waals surface area contributed by atoms with Crippen LogP contribution in [0.25, 0.3) is 0 Å². The molecule has 0 bridgehead atoms. The molecular formula is C14H20O3. The maximum Gasteiger partial charge on any atom is 0.306 e. The molecule has 0 aromatic carbocycles. The molecule has 0 spiro atoms. The summed E-state index contributed by atoms with van der Waals surface area (Å²) in [6.45, 7) is 9.19. The monoisotopic (exact) mass is 236 g/mol. The highest BCUT2D eigenvalue weighted by atomic mass is 16.5. The van der Waals surface area contributed by atoms with Gasteiger partial charge in [0.2, 0.25) is 0 Å². The molecule has 0 atom stereocenters. The first-order valence-electron chi connectivity index (χ1n) is 5.63. The van der Waals surface area contributed by atoms with Gasteiger partial charge in [-0.25, -0.2) is 0 Å². The molecule has 0 rings (SSSR count). The first-order valence-corrected chi connectivity index (χ1v) is 5.63. The lowest BCUT2D eigenvalue weighted by atomic mass is 10.1. The molecule has 0 saturated carbocycles. The fourth-order valence-corrected chi connectivity index (χ4v) is 1.11. The zero-order valence-corrected chi connectivity index (χ0v) is 10.8. The Bertz CT molecular complexity index is 348. The molecule has 0 aliphatic rings. The first kappa shape index (κ1) is 15.4. The Morgan fingerprint density at radius 3 is 2.35 bits per heavy atom. The van der Waals surface area contributed by atoms with Crippen LogP contribution >= 0.6 is 0 Å². The number of allylic oxidation sites excluding steroid dienone is 3. The van der Waals surface area contributed by atoms with E-state index in [1.54, 1.807) is 6.92 Å². The average molecular weight is 236 g/mol. The normalized spacial score (nSPS) is 11.6. The molecule has 0 saturated heterocycles. The van der Waals surface area contributed by atoms with Gasteiger partial charge in [0.15, 0.2) is 5.78 Å². The second-order valence-corrected chi connectivity index (χ2v) is 3.73. The van der Waals surface area contributed by atoms with Crippen molar-refractivity contribution in [1.29, 1.82) is 0 Å². The highest BCUT2D eigenvalue weighted by Crippen LogP contribution is 2.03. The van der Waals surface area contributed by atoms with Crippen LogP contribution in [0.1, 0.15) is 33.6 Å². The topological polar surface area (TPSA) is 43.4 Å². The quantitative estimate of drug-likeness (QED) is 0.388. The summed E-state index contributed by atoms with van der Waals surface area (Å²) in [4.78, 5) is 22.6. The number of ether oxygens (including phenoxy) is 1. The third kappa shape index (κ3) is 7.28. The minimum absolute atomic E-state index is 0.0957. The first-order chi connectivity index (χ1) is 8.01. The lowest BCUT2D eigenvalue weighted by molar-refractivity contribution is -0.143. The Labute approximate surface area is 103 Å². The number of carbonyl (C=O) groups excluding carboxylic acids is 2. The number of Topliss-reactive ketones (excluding diaryl/α,β-unsaturated/α-hetero) is 1. The van der Waals surface area contributed by atoms with E-state index in [0.29, 0.717) is 5.57 Å². The molecule has 0 fully saturated rings. The number of carbonyl (C=O) groups is 2. The standard InChI is InChI=1S/C14H20O3/c1-5-7-12(6-2)10-17-14(16)9-8-13(15)11(3)4/h5-7H,3,8-10H2,1-2,4H3/b7-5-,12-6+. The van der Waals surface area contributed by atoms with Crippen molar-refractivity contribution < 1.29 is 14.3 Å². The van der Waals surface area contributed by atoms with Gasteiger partial charge in [-0.15, -0.1) is 0 Å². The Hall–Kier alpha value is -1.64. The lowest BCUT2D eigenvalue weighted by Crippen LogP contribution is -2.09. The van der Waals surface area contributed by atoms with Crippen LogP contribution < -0.4 is 0 Å². The van der Waals surface area contributed by atoms with Gasteiger partial charge in [-0.1, -0.05) is 24.8 Å². The summed E-state index contributed by atoms with van der Waals surface area (Å²) in [5.74, 6) is -0.454. The summed E-state index contributed by atoms with van der Waals surface area (Å²) in [5.41, 5.74) is 1.41. The van der Waals surface area contributed by atoms with Crippen LogP contribution in [0.5, 0.6) is 0 Å². The summed E-state index contributed by atoms with van der Waals surface area (Å²) in [5, 5.41) is 0. The van der Waals surface area contributed by atoms with E-state index in [4.69, 9.17) is 4.74 Å². The summed E-state index contributed by atoms with van der Waals surface area (Å²) in [6.07, 6.45) is 5.92. The second-order valence-electron chi connectivity index (χ2n) is 3.73. The van der Waals surface area contributed by atoms with E-state index in [-0.39, 0.29) is 31.2 Å². The van der Waals surface area contributed by atoms with E-state index >= 15 is 0 Å². The molecule has 0 radical (unpaired) electrons. The zero-order chi connectivity index (χ0) is 13.3. The van der Waals surface area contributed by atoms with Gasteiger partial charge in [0, 0.05) is 6.42 Å². The van der Waals surface area contributed by atoms with Crippen LogP contribution in [0, 0.1) is 0 Å².